The molecule has 2 aromatic carbocycles. The predicted molar refractivity (Wildman–Crippen MR) is 199 cm³/mol. The number of pyridine rings is 2. The summed E-state index contributed by atoms with van der Waals surface area (Å²) in [5.41, 5.74) is 2.25. The Morgan fingerprint density at radius 3 is 1.75 bits per heavy atom. The Bertz CT molecular complexity index is 2020. The highest BCUT2D eigenvalue weighted by Gasteiger charge is 2.12. The summed E-state index contributed by atoms with van der Waals surface area (Å²) in [6.45, 7) is 2.68. The Kier molecular flexibility index (Phi) is 15.5. The molecule has 0 aliphatic carbocycles. The molecule has 0 saturated carbocycles. The number of thiazole rings is 2. The second-order valence-corrected chi connectivity index (χ2v) is 13.1. The summed E-state index contributed by atoms with van der Waals surface area (Å²) in [6, 6.07) is 20.3. The van der Waals surface area contributed by atoms with E-state index in [2.05, 4.69) is 42.5 Å². The Morgan fingerprint density at radius 1 is 0.750 bits per heavy atom. The maximum absolute atomic E-state index is 12.8. The van der Waals surface area contributed by atoms with Crippen LogP contribution in [-0.2, 0) is 18.0 Å². The molecule has 0 spiro atoms. The van der Waals surface area contributed by atoms with E-state index in [0.29, 0.717) is 29.7 Å². The van der Waals surface area contributed by atoms with Gasteiger partial charge < -0.3 is 29.4 Å². The molecule has 0 unspecified atom stereocenters. The van der Waals surface area contributed by atoms with Gasteiger partial charge in [0.2, 0.25) is 11.9 Å². The summed E-state index contributed by atoms with van der Waals surface area (Å²) in [5, 5.41) is 30.3. The Labute approximate surface area is 318 Å². The van der Waals surface area contributed by atoms with Crippen LogP contribution in [0, 0.1) is 15.5 Å². The number of hydrogen-bond acceptors (Lipinski definition) is 13. The molecule has 268 valence electrons. The topological polar surface area (TPSA) is 174 Å². The van der Waals surface area contributed by atoms with Crippen LogP contribution in [0.15, 0.2) is 96.0 Å². The molecule has 0 aliphatic heterocycles. The van der Waals surface area contributed by atoms with E-state index in [1.165, 1.54) is 46.4 Å². The first-order valence-corrected chi connectivity index (χ1v) is 17.8. The summed E-state index contributed by atoms with van der Waals surface area (Å²) < 4.78 is 42.1. The number of ether oxygens (including phenoxy) is 3. The van der Waals surface area contributed by atoms with Crippen molar-refractivity contribution in [3.05, 3.63) is 133 Å². The first-order valence-electron chi connectivity index (χ1n) is 15.0. The number of rotatable bonds is 11. The van der Waals surface area contributed by atoms with Crippen LogP contribution in [0.5, 0.6) is 11.5 Å². The lowest BCUT2D eigenvalue weighted by molar-refractivity contribution is 0.0519. The fourth-order valence-corrected chi connectivity index (χ4v) is 5.52. The fourth-order valence-electron chi connectivity index (χ4n) is 3.80. The molecule has 0 radical (unpaired) electrons. The molecule has 3 N–H and O–H groups in total. The Hall–Kier alpha value is -4.89. The number of hydrogen-bond donors (Lipinski definition) is 3. The van der Waals surface area contributed by atoms with Crippen LogP contribution in [0.4, 0.5) is 8.78 Å². The maximum Gasteiger partial charge on any atom is 0.490 e. The molecule has 18 heteroatoms. The minimum absolute atomic E-state index is 0.0211. The van der Waals surface area contributed by atoms with E-state index in [0.717, 1.165) is 37.7 Å². The van der Waals surface area contributed by atoms with E-state index in [4.69, 9.17) is 29.4 Å². The van der Waals surface area contributed by atoms with Crippen LogP contribution in [0.3, 0.4) is 0 Å². The summed E-state index contributed by atoms with van der Waals surface area (Å²) in [7, 11) is -1.58. The molecule has 6 rings (SSSR count). The van der Waals surface area contributed by atoms with Gasteiger partial charge in [0.05, 0.1) is 6.61 Å². The van der Waals surface area contributed by atoms with Crippen LogP contribution >= 0.6 is 45.3 Å². The number of nitrogens with zero attached hydrogens (tertiary/aromatic N) is 4. The molecule has 4 aromatic heterocycles. The van der Waals surface area contributed by atoms with Crippen molar-refractivity contribution in [2.75, 3.05) is 6.61 Å². The van der Waals surface area contributed by atoms with Crippen LogP contribution < -0.4 is 14.9 Å². The van der Waals surface area contributed by atoms with Gasteiger partial charge in [0.1, 0.15) is 34.7 Å². The molecule has 0 saturated heterocycles. The molecular formula is C34H28BF2IN4O8S2. The second-order valence-electron chi connectivity index (χ2n) is 9.99. The van der Waals surface area contributed by atoms with E-state index in [9.17, 15) is 18.4 Å². The number of halogens is 3. The third-order valence-corrected chi connectivity index (χ3v) is 8.67. The summed E-state index contributed by atoms with van der Waals surface area (Å²) in [5.74, 6) is -1.17. The number of benzene rings is 2. The Balaban J connectivity index is 0.000000188. The molecule has 12 nitrogen and oxygen atoms in total. The Morgan fingerprint density at radius 2 is 1.27 bits per heavy atom. The standard InChI is InChI=1S/C16H11FN2O3S.C13H12INO3S.C5H5BFNO2/c17-14-6-3-11(7-18-14)10-1-4-12(5-2-10)22-8-15-19-13(9-23-15)16(20)21;1-2-17-13(16)11-8-19-12(15-11)7-18-10-5-3-9(14)4-6-10;7-5-2-1-4(3-8-5)6(9)10/h1-7,9H,8H2,(H,20,21);3-6,8H,2,7H2,1H3;1-3,9-10H. The van der Waals surface area contributed by atoms with E-state index < -0.39 is 25.0 Å². The molecule has 0 bridgehead atoms. The van der Waals surface area contributed by atoms with Gasteiger partial charge in [-0.05, 0) is 89.7 Å². The number of carboxylic acids is 1. The lowest BCUT2D eigenvalue weighted by Gasteiger charge is -2.06. The van der Waals surface area contributed by atoms with Gasteiger partial charge in [0.15, 0.2) is 11.4 Å². The summed E-state index contributed by atoms with van der Waals surface area (Å²) >= 11 is 4.86. The normalized spacial score (nSPS) is 10.2. The first-order chi connectivity index (χ1) is 25.0. The van der Waals surface area contributed by atoms with Crippen LogP contribution in [0.1, 0.15) is 37.9 Å². The predicted octanol–water partition coefficient (Wildman–Crippen LogP) is 6.03. The fraction of sp³-hybridized carbons (Fsp3) is 0.118. The zero-order valence-electron chi connectivity index (χ0n) is 27.1. The van der Waals surface area contributed by atoms with Crippen molar-refractivity contribution < 1.29 is 47.7 Å². The lowest BCUT2D eigenvalue weighted by atomic mass is 9.82. The van der Waals surface area contributed by atoms with Crippen molar-refractivity contribution in [1.29, 1.82) is 0 Å². The highest BCUT2D eigenvalue weighted by molar-refractivity contribution is 14.1. The van der Waals surface area contributed by atoms with Gasteiger partial charge in [-0.3, -0.25) is 0 Å². The number of carboxylic acid groups (broad SMARTS) is 1. The first kappa shape index (κ1) is 39.9. The van der Waals surface area contributed by atoms with Crippen molar-refractivity contribution in [3.8, 4) is 22.6 Å². The molecule has 0 amide bonds. The van der Waals surface area contributed by atoms with E-state index >= 15 is 0 Å². The van der Waals surface area contributed by atoms with Gasteiger partial charge >= 0.3 is 19.1 Å². The van der Waals surface area contributed by atoms with Crippen molar-refractivity contribution >= 4 is 69.8 Å². The van der Waals surface area contributed by atoms with Crippen LogP contribution in [0.25, 0.3) is 11.1 Å². The quantitative estimate of drug-likeness (QED) is 0.0599. The van der Waals surface area contributed by atoms with E-state index in [1.54, 1.807) is 30.5 Å². The van der Waals surface area contributed by atoms with Gasteiger partial charge in [-0.25, -0.2) is 29.5 Å². The van der Waals surface area contributed by atoms with Crippen molar-refractivity contribution in [3.63, 3.8) is 0 Å². The zero-order chi connectivity index (χ0) is 37.5. The average molecular weight is 860 g/mol. The molecule has 52 heavy (non-hydrogen) atoms. The highest BCUT2D eigenvalue weighted by atomic mass is 127. The summed E-state index contributed by atoms with van der Waals surface area (Å²) in [6.07, 6.45) is 2.54. The zero-order valence-corrected chi connectivity index (χ0v) is 30.8. The summed E-state index contributed by atoms with van der Waals surface area (Å²) in [4.78, 5) is 37.2. The van der Waals surface area contributed by atoms with Gasteiger partial charge in [-0.15, -0.1) is 22.7 Å². The number of carbonyl (C=O) groups is 2. The van der Waals surface area contributed by atoms with Crippen LogP contribution in [0.2, 0.25) is 0 Å². The minimum Gasteiger partial charge on any atom is -0.486 e. The van der Waals surface area contributed by atoms with Crippen LogP contribution in [-0.4, -0.2) is 60.8 Å². The van der Waals surface area contributed by atoms with Crippen molar-refractivity contribution in [2.24, 2.45) is 0 Å². The molecule has 0 atom stereocenters. The monoisotopic (exact) mass is 860 g/mol. The third-order valence-electron chi connectivity index (χ3n) is 6.31. The largest absolute Gasteiger partial charge is 0.490 e. The molecule has 6 aromatic rings. The number of esters is 1. The van der Waals surface area contributed by atoms with E-state index in [1.807, 2.05) is 36.4 Å². The highest BCUT2D eigenvalue weighted by Crippen LogP contribution is 2.23. The number of aromatic nitrogens is 4. The van der Waals surface area contributed by atoms with E-state index in [-0.39, 0.29) is 23.7 Å². The van der Waals surface area contributed by atoms with Gasteiger partial charge in [0.25, 0.3) is 0 Å². The molecular weight excluding hydrogens is 832 g/mol. The maximum atomic E-state index is 12.8. The molecule has 0 aliphatic rings. The minimum atomic E-state index is -1.58. The smallest absolute Gasteiger partial charge is 0.486 e. The van der Waals surface area contributed by atoms with Crippen molar-refractivity contribution in [1.82, 2.24) is 19.9 Å². The van der Waals surface area contributed by atoms with Crippen molar-refractivity contribution in [2.45, 2.75) is 20.1 Å². The SMILES string of the molecule is CCOC(=O)c1csc(COc2ccc(I)cc2)n1.O=C(O)c1csc(COc2ccc(-c3ccc(F)nc3)cc2)n1.OB(O)c1ccc(F)nc1. The third kappa shape index (κ3) is 13.0. The number of aromatic carboxylic acids is 1. The van der Waals surface area contributed by atoms with Gasteiger partial charge in [-0.2, -0.15) is 8.78 Å². The van der Waals surface area contributed by atoms with Gasteiger partial charge in [-0.1, -0.05) is 18.2 Å². The average Bonchev–Trinajstić information content (AvgIpc) is 3.83. The van der Waals surface area contributed by atoms with Gasteiger partial charge in [0, 0.05) is 37.8 Å². The molecule has 0 fully saturated rings. The second kappa shape index (κ2) is 20.2. The number of carbonyl (C=O) groups excluding carboxylic acids is 1. The lowest BCUT2D eigenvalue weighted by Crippen LogP contribution is -2.30. The molecule has 4 heterocycles.